The summed E-state index contributed by atoms with van der Waals surface area (Å²) < 4.78 is 0. The monoisotopic (exact) mass is 343 g/mol. The Bertz CT molecular complexity index is 908. The van der Waals surface area contributed by atoms with Crippen molar-refractivity contribution in [2.45, 2.75) is 13.1 Å². The zero-order valence-electron chi connectivity index (χ0n) is 14.0. The van der Waals surface area contributed by atoms with Crippen LogP contribution in [0.1, 0.15) is 11.1 Å². The van der Waals surface area contributed by atoms with Crippen LogP contribution in [0.25, 0.3) is 11.2 Å². The quantitative estimate of drug-likeness (QED) is 0.556. The topological polar surface area (TPSA) is 88.5 Å². The van der Waals surface area contributed by atoms with Crippen molar-refractivity contribution in [1.29, 1.82) is 0 Å². The van der Waals surface area contributed by atoms with E-state index in [9.17, 15) is 0 Å². The third kappa shape index (κ3) is 3.72. The van der Waals surface area contributed by atoms with E-state index in [1.54, 1.807) is 18.6 Å². The van der Waals surface area contributed by atoms with Crippen LogP contribution >= 0.6 is 0 Å². The lowest BCUT2D eigenvalue weighted by molar-refractivity contribution is 1.05. The molecule has 4 aromatic rings. The Labute approximate surface area is 150 Å². The highest BCUT2D eigenvalue weighted by atomic mass is 15.1. The largest absolute Gasteiger partial charge is 0.363 e. The highest BCUT2D eigenvalue weighted by molar-refractivity contribution is 5.76. The molecule has 0 radical (unpaired) electrons. The van der Waals surface area contributed by atoms with Gasteiger partial charge in [0.05, 0.1) is 0 Å². The first-order valence-electron chi connectivity index (χ1n) is 8.27. The second kappa shape index (κ2) is 7.52. The molecule has 4 aromatic heterocycles. The minimum absolute atomic E-state index is 0.600. The van der Waals surface area contributed by atoms with Crippen molar-refractivity contribution >= 4 is 22.8 Å². The maximum absolute atomic E-state index is 4.67. The first kappa shape index (κ1) is 15.9. The molecule has 0 aliphatic carbocycles. The van der Waals surface area contributed by atoms with Crippen molar-refractivity contribution in [3.8, 4) is 0 Å². The third-order valence-electron chi connectivity index (χ3n) is 3.81. The van der Waals surface area contributed by atoms with Crippen LogP contribution in [-0.2, 0) is 13.1 Å². The number of fused-ring (bicyclic) bond motifs is 1. The normalized spacial score (nSPS) is 10.6. The van der Waals surface area contributed by atoms with Gasteiger partial charge in [0.15, 0.2) is 17.3 Å². The molecule has 0 amide bonds. The number of aromatic nitrogens is 5. The summed E-state index contributed by atoms with van der Waals surface area (Å²) in [6, 6.07) is 11.6. The molecule has 128 valence electrons. The second-order valence-electron chi connectivity index (χ2n) is 5.70. The van der Waals surface area contributed by atoms with Crippen molar-refractivity contribution in [3.63, 3.8) is 0 Å². The van der Waals surface area contributed by atoms with E-state index in [0.29, 0.717) is 30.4 Å². The van der Waals surface area contributed by atoms with Crippen LogP contribution in [0.3, 0.4) is 0 Å². The molecule has 0 aliphatic heterocycles. The van der Waals surface area contributed by atoms with Gasteiger partial charge in [0.1, 0.15) is 5.52 Å². The number of nitrogens with one attached hydrogen (secondary N) is 2. The van der Waals surface area contributed by atoms with Crippen molar-refractivity contribution in [1.82, 2.24) is 24.9 Å². The van der Waals surface area contributed by atoms with E-state index >= 15 is 0 Å². The van der Waals surface area contributed by atoms with Crippen LogP contribution in [0.5, 0.6) is 0 Å². The van der Waals surface area contributed by atoms with Gasteiger partial charge in [-0.15, -0.1) is 0 Å². The van der Waals surface area contributed by atoms with Crippen molar-refractivity contribution in [2.75, 3.05) is 10.6 Å². The Balaban J connectivity index is 1.60. The molecular weight excluding hydrogens is 326 g/mol. The molecule has 0 saturated heterocycles. The average molecular weight is 343 g/mol. The average Bonchev–Trinajstić information content (AvgIpc) is 2.72. The molecule has 0 saturated carbocycles. The molecule has 0 aromatic carbocycles. The maximum atomic E-state index is 4.67. The smallest absolute Gasteiger partial charge is 0.180 e. The molecule has 0 fully saturated rings. The van der Waals surface area contributed by atoms with E-state index < -0.39 is 0 Å². The predicted octanol–water partition coefficient (Wildman–Crippen LogP) is 3.04. The van der Waals surface area contributed by atoms with Crippen molar-refractivity contribution < 1.29 is 0 Å². The number of pyridine rings is 3. The zero-order chi connectivity index (χ0) is 17.6. The highest BCUT2D eigenvalue weighted by Gasteiger charge is 2.09. The summed E-state index contributed by atoms with van der Waals surface area (Å²) in [6.45, 7) is 1.21. The zero-order valence-corrected chi connectivity index (χ0v) is 14.0. The fourth-order valence-electron chi connectivity index (χ4n) is 2.52. The Morgan fingerprint density at radius 3 is 1.92 bits per heavy atom. The molecule has 7 heteroatoms. The Morgan fingerprint density at radius 1 is 0.692 bits per heavy atom. The summed E-state index contributed by atoms with van der Waals surface area (Å²) in [5, 5.41) is 6.66. The van der Waals surface area contributed by atoms with Crippen LogP contribution in [0.4, 0.5) is 11.6 Å². The predicted molar refractivity (Wildman–Crippen MR) is 100 cm³/mol. The molecule has 0 atom stereocenters. The van der Waals surface area contributed by atoms with E-state index in [1.807, 2.05) is 48.8 Å². The Morgan fingerprint density at radius 2 is 1.31 bits per heavy atom. The van der Waals surface area contributed by atoms with E-state index in [-0.39, 0.29) is 0 Å². The van der Waals surface area contributed by atoms with Gasteiger partial charge >= 0.3 is 0 Å². The third-order valence-corrected chi connectivity index (χ3v) is 3.81. The number of rotatable bonds is 6. The molecule has 2 N–H and O–H groups in total. The van der Waals surface area contributed by atoms with Gasteiger partial charge in [-0.2, -0.15) is 0 Å². The summed E-state index contributed by atoms with van der Waals surface area (Å²) >= 11 is 0. The van der Waals surface area contributed by atoms with Gasteiger partial charge in [0.2, 0.25) is 0 Å². The molecule has 7 nitrogen and oxygen atoms in total. The fraction of sp³-hybridized carbons (Fsp3) is 0.105. The van der Waals surface area contributed by atoms with E-state index in [2.05, 4.69) is 35.6 Å². The number of hydrogen-bond donors (Lipinski definition) is 2. The molecule has 0 spiro atoms. The number of nitrogens with zero attached hydrogens (tertiary/aromatic N) is 5. The first-order chi connectivity index (χ1) is 12.9. The standard InChI is InChI=1S/C19H17N7/c1-4-14(10-20-7-1)12-23-18-19(24-13-15-5-2-8-21-11-15)26-17-16(25-18)6-3-9-22-17/h1-11H,12-13H2,(H,23,25)(H,22,24,26). The lowest BCUT2D eigenvalue weighted by Crippen LogP contribution is -2.10. The molecule has 0 unspecified atom stereocenters. The maximum Gasteiger partial charge on any atom is 0.180 e. The van der Waals surface area contributed by atoms with E-state index in [4.69, 9.17) is 0 Å². The summed E-state index contributed by atoms with van der Waals surface area (Å²) in [7, 11) is 0. The Kier molecular flexibility index (Phi) is 4.60. The lowest BCUT2D eigenvalue weighted by Gasteiger charge is -2.13. The van der Waals surface area contributed by atoms with Crippen LogP contribution < -0.4 is 10.6 Å². The molecular formula is C19H17N7. The van der Waals surface area contributed by atoms with Crippen LogP contribution in [0.15, 0.2) is 67.4 Å². The van der Waals surface area contributed by atoms with Gasteiger partial charge in [-0.1, -0.05) is 12.1 Å². The van der Waals surface area contributed by atoms with Gasteiger partial charge < -0.3 is 10.6 Å². The molecule has 4 rings (SSSR count). The van der Waals surface area contributed by atoms with Crippen LogP contribution in [0, 0.1) is 0 Å². The molecule has 0 bridgehead atoms. The van der Waals surface area contributed by atoms with E-state index in [1.165, 1.54) is 0 Å². The van der Waals surface area contributed by atoms with Gasteiger partial charge in [-0.25, -0.2) is 15.0 Å². The summed E-state index contributed by atoms with van der Waals surface area (Å²) in [4.78, 5) is 21.9. The first-order valence-corrected chi connectivity index (χ1v) is 8.27. The summed E-state index contributed by atoms with van der Waals surface area (Å²) in [5.41, 5.74) is 3.48. The minimum Gasteiger partial charge on any atom is -0.363 e. The van der Waals surface area contributed by atoms with Crippen molar-refractivity contribution in [2.24, 2.45) is 0 Å². The van der Waals surface area contributed by atoms with E-state index in [0.717, 1.165) is 16.6 Å². The Hall–Kier alpha value is -3.61. The van der Waals surface area contributed by atoms with Crippen molar-refractivity contribution in [3.05, 3.63) is 78.5 Å². The van der Waals surface area contributed by atoms with Crippen LogP contribution in [0.2, 0.25) is 0 Å². The summed E-state index contributed by atoms with van der Waals surface area (Å²) in [6.07, 6.45) is 8.87. The number of hydrogen-bond acceptors (Lipinski definition) is 7. The van der Waals surface area contributed by atoms with Gasteiger partial charge in [-0.3, -0.25) is 9.97 Å². The molecule has 4 heterocycles. The molecule has 0 aliphatic rings. The van der Waals surface area contributed by atoms with Gasteiger partial charge in [0, 0.05) is 44.1 Å². The highest BCUT2D eigenvalue weighted by Crippen LogP contribution is 2.21. The molecule has 26 heavy (non-hydrogen) atoms. The lowest BCUT2D eigenvalue weighted by atomic mass is 10.3. The fourth-order valence-corrected chi connectivity index (χ4v) is 2.52. The SMILES string of the molecule is c1cncc(CNc2nc3cccnc3nc2NCc2cccnc2)c1. The summed E-state index contributed by atoms with van der Waals surface area (Å²) in [5.74, 6) is 1.34. The van der Waals surface area contributed by atoms with Gasteiger partial charge in [-0.05, 0) is 35.4 Å². The number of anilines is 2. The van der Waals surface area contributed by atoms with Gasteiger partial charge in [0.25, 0.3) is 0 Å². The second-order valence-corrected chi connectivity index (χ2v) is 5.70. The minimum atomic E-state index is 0.600. The van der Waals surface area contributed by atoms with Crippen LogP contribution in [-0.4, -0.2) is 24.9 Å².